The number of benzene rings is 3. The molecule has 0 saturated heterocycles. The molecule has 0 unspecified atom stereocenters. The summed E-state index contributed by atoms with van der Waals surface area (Å²) >= 11 is 1.45. The number of amides is 1. The maximum Gasteiger partial charge on any atom is 0.275 e. The number of thiazole rings is 1. The Morgan fingerprint density at radius 1 is 1.00 bits per heavy atom. The van der Waals surface area contributed by atoms with E-state index in [1.165, 1.54) is 11.3 Å². The Morgan fingerprint density at radius 2 is 1.79 bits per heavy atom. The number of ether oxygens (including phenoxy) is 1. The van der Waals surface area contributed by atoms with Crippen LogP contribution in [0.3, 0.4) is 0 Å². The number of anilines is 1. The van der Waals surface area contributed by atoms with Crippen LogP contribution >= 0.6 is 11.3 Å². The van der Waals surface area contributed by atoms with Crippen molar-refractivity contribution in [1.29, 1.82) is 0 Å². The number of hydrogen-bond donors (Lipinski definition) is 1. The standard InChI is InChI=1S/C24H20N2O2S/c1-17-6-5-9-20(14-17)25-23(27)22-16-29-24(26-22)19-10-12-21(13-11-19)28-15-18-7-3-2-4-8-18/h2-14,16H,15H2,1H3,(H,25,27). The number of carbonyl (C=O) groups is 1. The molecule has 3 aromatic carbocycles. The molecule has 1 aromatic heterocycles. The van der Waals surface area contributed by atoms with Crippen molar-refractivity contribution in [2.45, 2.75) is 13.5 Å². The van der Waals surface area contributed by atoms with Gasteiger partial charge in [-0.1, -0.05) is 42.5 Å². The second-order valence-corrected chi connectivity index (χ2v) is 7.52. The maximum atomic E-state index is 12.5. The number of rotatable bonds is 6. The molecule has 0 radical (unpaired) electrons. The molecule has 0 aliphatic rings. The average molecular weight is 401 g/mol. The van der Waals surface area contributed by atoms with E-state index in [-0.39, 0.29) is 5.91 Å². The van der Waals surface area contributed by atoms with Crippen LogP contribution in [-0.2, 0) is 6.61 Å². The first kappa shape index (κ1) is 18.9. The third kappa shape index (κ3) is 4.89. The minimum atomic E-state index is -0.207. The highest BCUT2D eigenvalue weighted by molar-refractivity contribution is 7.13. The van der Waals surface area contributed by atoms with E-state index in [0.717, 1.165) is 33.1 Å². The summed E-state index contributed by atoms with van der Waals surface area (Å²) in [6, 6.07) is 25.5. The summed E-state index contributed by atoms with van der Waals surface area (Å²) < 4.78 is 5.82. The first-order valence-electron chi connectivity index (χ1n) is 9.28. The summed E-state index contributed by atoms with van der Waals surface area (Å²) in [4.78, 5) is 16.9. The SMILES string of the molecule is Cc1cccc(NC(=O)c2csc(-c3ccc(OCc4ccccc4)cc3)n2)c1. The summed E-state index contributed by atoms with van der Waals surface area (Å²) in [5.41, 5.74) is 4.36. The van der Waals surface area contributed by atoms with Gasteiger partial charge in [-0.15, -0.1) is 11.3 Å². The molecule has 4 nitrogen and oxygen atoms in total. The number of nitrogens with zero attached hydrogens (tertiary/aromatic N) is 1. The molecule has 0 spiro atoms. The topological polar surface area (TPSA) is 51.2 Å². The van der Waals surface area contributed by atoms with Crippen molar-refractivity contribution in [3.8, 4) is 16.3 Å². The number of aryl methyl sites for hydroxylation is 1. The molecule has 1 amide bonds. The van der Waals surface area contributed by atoms with E-state index in [1.807, 2.05) is 85.8 Å². The quantitative estimate of drug-likeness (QED) is 0.435. The Kier molecular flexibility index (Phi) is 5.68. The van der Waals surface area contributed by atoms with Gasteiger partial charge in [0.25, 0.3) is 5.91 Å². The summed E-state index contributed by atoms with van der Waals surface area (Å²) in [7, 11) is 0. The molecule has 0 aliphatic heterocycles. The first-order chi connectivity index (χ1) is 14.2. The summed E-state index contributed by atoms with van der Waals surface area (Å²) in [5.74, 6) is 0.590. The number of nitrogens with one attached hydrogen (secondary N) is 1. The molecule has 5 heteroatoms. The van der Waals surface area contributed by atoms with Crippen molar-refractivity contribution in [3.63, 3.8) is 0 Å². The minimum Gasteiger partial charge on any atom is -0.489 e. The van der Waals surface area contributed by atoms with Gasteiger partial charge in [0.1, 0.15) is 23.1 Å². The van der Waals surface area contributed by atoms with Gasteiger partial charge in [0.15, 0.2) is 0 Å². The van der Waals surface area contributed by atoms with Crippen LogP contribution in [0.15, 0.2) is 84.2 Å². The molecule has 0 fully saturated rings. The van der Waals surface area contributed by atoms with Crippen molar-refractivity contribution in [3.05, 3.63) is 101 Å². The van der Waals surface area contributed by atoms with Crippen molar-refractivity contribution in [2.75, 3.05) is 5.32 Å². The highest BCUT2D eigenvalue weighted by Crippen LogP contribution is 2.26. The van der Waals surface area contributed by atoms with Gasteiger partial charge in [0.2, 0.25) is 0 Å². The molecule has 144 valence electrons. The van der Waals surface area contributed by atoms with Crippen molar-refractivity contribution >= 4 is 22.9 Å². The normalized spacial score (nSPS) is 10.5. The molecule has 4 aromatic rings. The van der Waals surface area contributed by atoms with Gasteiger partial charge in [-0.25, -0.2) is 4.98 Å². The van der Waals surface area contributed by atoms with Gasteiger partial charge in [-0.2, -0.15) is 0 Å². The predicted octanol–water partition coefficient (Wildman–Crippen LogP) is 5.95. The first-order valence-corrected chi connectivity index (χ1v) is 10.2. The fourth-order valence-electron chi connectivity index (χ4n) is 2.86. The van der Waals surface area contributed by atoms with E-state index in [0.29, 0.717) is 12.3 Å². The van der Waals surface area contributed by atoms with Crippen LogP contribution in [0.5, 0.6) is 5.75 Å². The molecule has 4 rings (SSSR count). The van der Waals surface area contributed by atoms with E-state index in [9.17, 15) is 4.79 Å². The van der Waals surface area contributed by atoms with Crippen molar-refractivity contribution in [2.24, 2.45) is 0 Å². The van der Waals surface area contributed by atoms with Gasteiger partial charge in [0, 0.05) is 16.6 Å². The zero-order valence-electron chi connectivity index (χ0n) is 16.0. The second-order valence-electron chi connectivity index (χ2n) is 6.66. The molecule has 1 N–H and O–H groups in total. The van der Waals surface area contributed by atoms with Crippen LogP contribution in [0.2, 0.25) is 0 Å². The van der Waals surface area contributed by atoms with Crippen LogP contribution in [0.25, 0.3) is 10.6 Å². The van der Waals surface area contributed by atoms with E-state index < -0.39 is 0 Å². The van der Waals surface area contributed by atoms with Crippen LogP contribution in [-0.4, -0.2) is 10.9 Å². The fraction of sp³-hybridized carbons (Fsp3) is 0.0833. The lowest BCUT2D eigenvalue weighted by Crippen LogP contribution is -2.12. The summed E-state index contributed by atoms with van der Waals surface area (Å²) in [6.07, 6.45) is 0. The lowest BCUT2D eigenvalue weighted by molar-refractivity contribution is 0.102. The van der Waals surface area contributed by atoms with E-state index >= 15 is 0 Å². The van der Waals surface area contributed by atoms with Crippen LogP contribution in [0.1, 0.15) is 21.6 Å². The van der Waals surface area contributed by atoms with Gasteiger partial charge < -0.3 is 10.1 Å². The van der Waals surface area contributed by atoms with Crippen molar-refractivity contribution in [1.82, 2.24) is 4.98 Å². The lowest BCUT2D eigenvalue weighted by atomic mass is 10.2. The third-order valence-corrected chi connectivity index (χ3v) is 5.25. The molecule has 0 aliphatic carbocycles. The van der Waals surface area contributed by atoms with Gasteiger partial charge in [-0.05, 0) is 54.4 Å². The fourth-order valence-corrected chi connectivity index (χ4v) is 3.67. The minimum absolute atomic E-state index is 0.207. The Bertz CT molecular complexity index is 1110. The smallest absolute Gasteiger partial charge is 0.275 e. The highest BCUT2D eigenvalue weighted by Gasteiger charge is 2.12. The molecule has 1 heterocycles. The lowest BCUT2D eigenvalue weighted by Gasteiger charge is -2.06. The zero-order chi connectivity index (χ0) is 20.1. The summed E-state index contributed by atoms with van der Waals surface area (Å²) in [5, 5.41) is 5.47. The number of hydrogen-bond acceptors (Lipinski definition) is 4. The average Bonchev–Trinajstić information content (AvgIpc) is 3.24. The highest BCUT2D eigenvalue weighted by atomic mass is 32.1. The van der Waals surface area contributed by atoms with Gasteiger partial charge in [0.05, 0.1) is 0 Å². The third-order valence-electron chi connectivity index (χ3n) is 4.36. The number of carbonyl (C=O) groups excluding carboxylic acids is 1. The molecule has 0 saturated carbocycles. The molecular formula is C24H20N2O2S. The Balaban J connectivity index is 1.40. The molecular weight excluding hydrogens is 380 g/mol. The van der Waals surface area contributed by atoms with Crippen LogP contribution in [0, 0.1) is 6.92 Å². The Labute approximate surface area is 173 Å². The van der Waals surface area contributed by atoms with E-state index in [2.05, 4.69) is 10.3 Å². The van der Waals surface area contributed by atoms with E-state index in [1.54, 1.807) is 5.38 Å². The van der Waals surface area contributed by atoms with Gasteiger partial charge in [-0.3, -0.25) is 4.79 Å². The van der Waals surface area contributed by atoms with Crippen molar-refractivity contribution < 1.29 is 9.53 Å². The predicted molar refractivity (Wildman–Crippen MR) is 117 cm³/mol. The monoisotopic (exact) mass is 400 g/mol. The molecule has 29 heavy (non-hydrogen) atoms. The van der Waals surface area contributed by atoms with Crippen LogP contribution < -0.4 is 10.1 Å². The Morgan fingerprint density at radius 3 is 2.55 bits per heavy atom. The van der Waals surface area contributed by atoms with E-state index in [4.69, 9.17) is 4.74 Å². The van der Waals surface area contributed by atoms with Gasteiger partial charge >= 0.3 is 0 Å². The molecule has 0 atom stereocenters. The number of aromatic nitrogens is 1. The maximum absolute atomic E-state index is 12.5. The summed E-state index contributed by atoms with van der Waals surface area (Å²) in [6.45, 7) is 2.52. The van der Waals surface area contributed by atoms with Crippen LogP contribution in [0.4, 0.5) is 5.69 Å². The molecule has 0 bridgehead atoms. The largest absolute Gasteiger partial charge is 0.489 e. The second kappa shape index (κ2) is 8.71. The zero-order valence-corrected chi connectivity index (χ0v) is 16.8. The Hall–Kier alpha value is -3.44.